The lowest BCUT2D eigenvalue weighted by Gasteiger charge is -2.09. The first-order chi connectivity index (χ1) is 16.7. The Balaban J connectivity index is 1.48. The number of para-hydroxylation sites is 1. The van der Waals surface area contributed by atoms with Crippen LogP contribution in [0.4, 0.5) is 4.39 Å². The summed E-state index contributed by atoms with van der Waals surface area (Å²) >= 11 is 0. The van der Waals surface area contributed by atoms with Gasteiger partial charge in [0.1, 0.15) is 5.82 Å². The number of halogens is 1. The normalized spacial score (nSPS) is 11.1. The molecule has 0 radical (unpaired) electrons. The summed E-state index contributed by atoms with van der Waals surface area (Å²) in [5, 5.41) is 14.1. The van der Waals surface area contributed by atoms with Gasteiger partial charge in [-0.2, -0.15) is 0 Å². The quantitative estimate of drug-likeness (QED) is 0.400. The summed E-state index contributed by atoms with van der Waals surface area (Å²) in [6.45, 7) is 2.44. The number of imidazole rings is 1. The number of nitrogens with zero attached hydrogens (tertiary/aromatic N) is 6. The van der Waals surface area contributed by atoms with Crippen molar-refractivity contribution >= 4 is 0 Å². The second-order valence-electron chi connectivity index (χ2n) is 7.91. The highest BCUT2D eigenvalue weighted by molar-refractivity contribution is 5.76. The van der Waals surface area contributed by atoms with Crippen molar-refractivity contribution in [2.24, 2.45) is 0 Å². The first kappa shape index (κ1) is 21.4. The van der Waals surface area contributed by atoms with Crippen molar-refractivity contribution in [2.45, 2.75) is 26.3 Å². The Hall–Kier alpha value is -4.40. The number of benzene rings is 2. The van der Waals surface area contributed by atoms with Crippen LogP contribution in [0.3, 0.4) is 0 Å². The van der Waals surface area contributed by atoms with E-state index in [2.05, 4.69) is 32.5 Å². The maximum absolute atomic E-state index is 14.4. The molecule has 0 aliphatic heterocycles. The fraction of sp³-hybridized carbons (Fsp3) is 0.160. The van der Waals surface area contributed by atoms with Crippen LogP contribution in [0, 0.1) is 5.82 Å². The Morgan fingerprint density at radius 1 is 1.03 bits per heavy atom. The van der Waals surface area contributed by atoms with E-state index in [4.69, 9.17) is 0 Å². The first-order valence-corrected chi connectivity index (χ1v) is 11.0. The van der Waals surface area contributed by atoms with Gasteiger partial charge < -0.3 is 0 Å². The fourth-order valence-corrected chi connectivity index (χ4v) is 4.02. The fourth-order valence-electron chi connectivity index (χ4n) is 4.02. The molecule has 3 aromatic heterocycles. The third kappa shape index (κ3) is 4.03. The first-order valence-electron chi connectivity index (χ1n) is 11.0. The minimum Gasteiger partial charge on any atom is -0.292 e. The largest absolute Gasteiger partial charge is 0.333 e. The molecule has 0 spiro atoms. The van der Waals surface area contributed by atoms with E-state index in [-0.39, 0.29) is 11.4 Å². The highest BCUT2D eigenvalue weighted by atomic mass is 19.1. The summed E-state index contributed by atoms with van der Waals surface area (Å²) < 4.78 is 17.5. The molecule has 5 aromatic rings. The monoisotopic (exact) mass is 455 g/mol. The van der Waals surface area contributed by atoms with E-state index < -0.39 is 5.82 Å². The maximum Gasteiger partial charge on any atom is 0.333 e. The number of aryl methyl sites for hydroxylation is 1. The summed E-state index contributed by atoms with van der Waals surface area (Å²) in [7, 11) is 0. The molecule has 0 aliphatic rings. The van der Waals surface area contributed by atoms with E-state index in [0.29, 0.717) is 12.4 Å². The van der Waals surface area contributed by atoms with Gasteiger partial charge in [-0.25, -0.2) is 14.3 Å². The second kappa shape index (κ2) is 9.22. The standard InChI is InChI=1S/C25H22FN7O/c1-2-6-19-16-33(22-9-4-3-8-21(22)26)25(34)32(19)15-17-10-12-18(13-11-17)23-20(7-5-14-27-23)24-28-30-31-29-24/h3-5,7-14,16H,2,6,15H2,1H3,(H,28,29,30,31). The van der Waals surface area contributed by atoms with Gasteiger partial charge in [-0.1, -0.05) is 49.7 Å². The van der Waals surface area contributed by atoms with E-state index in [1.54, 1.807) is 35.2 Å². The van der Waals surface area contributed by atoms with Gasteiger partial charge in [0.25, 0.3) is 0 Å². The molecule has 0 fully saturated rings. The van der Waals surface area contributed by atoms with Gasteiger partial charge in [0.05, 0.1) is 17.9 Å². The van der Waals surface area contributed by atoms with Gasteiger partial charge >= 0.3 is 5.69 Å². The summed E-state index contributed by atoms with van der Waals surface area (Å²) in [5.74, 6) is 0.111. The average Bonchev–Trinajstić information content (AvgIpc) is 3.50. The van der Waals surface area contributed by atoms with Crippen LogP contribution >= 0.6 is 0 Å². The zero-order valence-corrected chi connectivity index (χ0v) is 18.5. The highest BCUT2D eigenvalue weighted by Crippen LogP contribution is 2.27. The number of pyridine rings is 1. The van der Waals surface area contributed by atoms with Crippen molar-refractivity contribution in [3.63, 3.8) is 0 Å². The van der Waals surface area contributed by atoms with Crippen molar-refractivity contribution in [3.8, 4) is 28.3 Å². The third-order valence-electron chi connectivity index (χ3n) is 5.66. The van der Waals surface area contributed by atoms with Crippen LogP contribution in [-0.4, -0.2) is 34.7 Å². The molecule has 1 N–H and O–H groups in total. The molecule has 2 aromatic carbocycles. The lowest BCUT2D eigenvalue weighted by molar-refractivity contribution is 0.613. The van der Waals surface area contributed by atoms with E-state index >= 15 is 0 Å². The lowest BCUT2D eigenvalue weighted by Crippen LogP contribution is -2.25. The number of nitrogens with one attached hydrogen (secondary N) is 1. The van der Waals surface area contributed by atoms with Gasteiger partial charge in [0.15, 0.2) is 5.82 Å². The minimum atomic E-state index is -0.428. The molecule has 0 unspecified atom stereocenters. The molecule has 5 rings (SSSR count). The molecule has 34 heavy (non-hydrogen) atoms. The topological polar surface area (TPSA) is 94.3 Å². The molecular formula is C25H22FN7O. The van der Waals surface area contributed by atoms with E-state index in [9.17, 15) is 9.18 Å². The third-order valence-corrected chi connectivity index (χ3v) is 5.66. The van der Waals surface area contributed by atoms with Crippen molar-refractivity contribution < 1.29 is 4.39 Å². The van der Waals surface area contributed by atoms with Gasteiger partial charge in [-0.3, -0.25) is 14.1 Å². The zero-order chi connectivity index (χ0) is 23.5. The second-order valence-corrected chi connectivity index (χ2v) is 7.91. The van der Waals surface area contributed by atoms with Crippen LogP contribution in [0.25, 0.3) is 28.3 Å². The summed E-state index contributed by atoms with van der Waals surface area (Å²) in [5.41, 5.74) is 4.26. The number of aromatic amines is 1. The predicted molar refractivity (Wildman–Crippen MR) is 126 cm³/mol. The van der Waals surface area contributed by atoms with Crippen molar-refractivity contribution in [2.75, 3.05) is 0 Å². The Morgan fingerprint density at radius 3 is 2.59 bits per heavy atom. The number of hydrogen-bond donors (Lipinski definition) is 1. The molecule has 0 atom stereocenters. The van der Waals surface area contributed by atoms with Gasteiger partial charge in [0.2, 0.25) is 0 Å². The highest BCUT2D eigenvalue weighted by Gasteiger charge is 2.16. The lowest BCUT2D eigenvalue weighted by atomic mass is 10.0. The van der Waals surface area contributed by atoms with Gasteiger partial charge in [-0.15, -0.1) is 5.10 Å². The minimum absolute atomic E-state index is 0.253. The van der Waals surface area contributed by atoms with Crippen LogP contribution in [0.1, 0.15) is 24.6 Å². The number of tetrazole rings is 1. The molecule has 0 saturated carbocycles. The average molecular weight is 455 g/mol. The number of aromatic nitrogens is 7. The Kier molecular flexibility index (Phi) is 5.82. The molecule has 0 amide bonds. The Labute approximate surface area is 194 Å². The van der Waals surface area contributed by atoms with Crippen LogP contribution in [0.5, 0.6) is 0 Å². The Bertz CT molecular complexity index is 1470. The van der Waals surface area contributed by atoms with Crippen molar-refractivity contribution in [1.29, 1.82) is 0 Å². The SMILES string of the molecule is CCCc1cn(-c2ccccc2F)c(=O)n1Cc1ccc(-c2ncccc2-c2nnn[nH]2)cc1. The van der Waals surface area contributed by atoms with E-state index in [1.165, 1.54) is 10.6 Å². The number of hydrogen-bond acceptors (Lipinski definition) is 5. The van der Waals surface area contributed by atoms with Crippen LogP contribution < -0.4 is 5.69 Å². The molecule has 3 heterocycles. The summed E-state index contributed by atoms with van der Waals surface area (Å²) in [4.78, 5) is 17.7. The van der Waals surface area contributed by atoms with Gasteiger partial charge in [-0.05, 0) is 46.7 Å². The molecule has 8 nitrogen and oxygen atoms in total. The summed E-state index contributed by atoms with van der Waals surface area (Å²) in [6, 6.07) is 17.9. The molecule has 0 aliphatic carbocycles. The Morgan fingerprint density at radius 2 is 1.85 bits per heavy atom. The molecule has 9 heteroatoms. The van der Waals surface area contributed by atoms with E-state index in [1.807, 2.05) is 36.4 Å². The van der Waals surface area contributed by atoms with Crippen LogP contribution in [0.2, 0.25) is 0 Å². The predicted octanol–water partition coefficient (Wildman–Crippen LogP) is 4.02. The maximum atomic E-state index is 14.4. The van der Waals surface area contributed by atoms with Crippen LogP contribution in [-0.2, 0) is 13.0 Å². The molecular weight excluding hydrogens is 433 g/mol. The number of rotatable bonds is 7. The number of H-pyrrole nitrogens is 1. The molecule has 0 bridgehead atoms. The van der Waals surface area contributed by atoms with Gasteiger partial charge in [0, 0.05) is 29.2 Å². The smallest absolute Gasteiger partial charge is 0.292 e. The van der Waals surface area contributed by atoms with E-state index in [0.717, 1.165) is 40.9 Å². The summed E-state index contributed by atoms with van der Waals surface area (Å²) in [6.07, 6.45) is 5.05. The zero-order valence-electron chi connectivity index (χ0n) is 18.5. The van der Waals surface area contributed by atoms with Crippen molar-refractivity contribution in [3.05, 3.63) is 101 Å². The molecule has 0 saturated heterocycles. The van der Waals surface area contributed by atoms with Crippen LogP contribution in [0.15, 0.2) is 77.9 Å². The van der Waals surface area contributed by atoms with Crippen molar-refractivity contribution in [1.82, 2.24) is 34.7 Å². The molecule has 170 valence electrons.